The van der Waals surface area contributed by atoms with Gasteiger partial charge in [0.05, 0.1) is 10.2 Å². The van der Waals surface area contributed by atoms with Crippen LogP contribution in [0.1, 0.15) is 5.56 Å². The molecule has 1 heterocycles. The summed E-state index contributed by atoms with van der Waals surface area (Å²) < 4.78 is 1.10. The number of nitrogens with zero attached hydrogens (tertiary/aromatic N) is 1. The van der Waals surface area contributed by atoms with Gasteiger partial charge in [0.15, 0.2) is 5.13 Å². The monoisotopic (exact) mass is 300 g/mol. The predicted octanol–water partition coefficient (Wildman–Crippen LogP) is 5.08. The molecule has 0 saturated heterocycles. The third kappa shape index (κ3) is 3.18. The van der Waals surface area contributed by atoms with Gasteiger partial charge in [0.1, 0.15) is 0 Å². The Balaban J connectivity index is 1.64. The molecule has 2 aromatic carbocycles. The maximum absolute atomic E-state index is 5.97. The van der Waals surface area contributed by atoms with E-state index in [4.69, 9.17) is 11.6 Å². The average Bonchev–Trinajstić information content (AvgIpc) is 2.86. The van der Waals surface area contributed by atoms with E-state index in [9.17, 15) is 0 Å². The molecular weight excluding hydrogens is 288 g/mol. The van der Waals surface area contributed by atoms with Crippen LogP contribution in [0.4, 0.5) is 5.13 Å². The van der Waals surface area contributed by atoms with Crippen molar-refractivity contribution in [2.24, 2.45) is 0 Å². The van der Waals surface area contributed by atoms with Crippen molar-refractivity contribution >= 4 is 44.4 Å². The number of benzene rings is 2. The van der Waals surface area contributed by atoms with E-state index in [2.05, 4.69) is 34.6 Å². The number of aromatic nitrogens is 1. The molecule has 20 heavy (non-hydrogen) atoms. The van der Waals surface area contributed by atoms with E-state index in [0.717, 1.165) is 26.9 Å². The second-order valence-corrected chi connectivity index (χ2v) is 5.79. The van der Waals surface area contributed by atoms with Gasteiger partial charge < -0.3 is 5.32 Å². The SMILES string of the molecule is Clc1ccc2nc(NC/C=C/c3ccccc3)sc2c1. The fourth-order valence-electron chi connectivity index (χ4n) is 1.88. The minimum atomic E-state index is 0.747. The highest BCUT2D eigenvalue weighted by Crippen LogP contribution is 2.28. The summed E-state index contributed by atoms with van der Waals surface area (Å²) in [6.07, 6.45) is 4.19. The van der Waals surface area contributed by atoms with E-state index in [0.29, 0.717) is 0 Å². The van der Waals surface area contributed by atoms with E-state index in [1.807, 2.05) is 36.4 Å². The number of halogens is 1. The van der Waals surface area contributed by atoms with Crippen LogP contribution in [0.15, 0.2) is 54.6 Å². The second kappa shape index (κ2) is 6.07. The Morgan fingerprint density at radius 3 is 2.85 bits per heavy atom. The summed E-state index contributed by atoms with van der Waals surface area (Å²) in [7, 11) is 0. The molecular formula is C16H13ClN2S. The summed E-state index contributed by atoms with van der Waals surface area (Å²) in [6.45, 7) is 0.752. The smallest absolute Gasteiger partial charge is 0.184 e. The molecule has 0 fully saturated rings. The molecule has 0 aliphatic carbocycles. The van der Waals surface area contributed by atoms with Gasteiger partial charge in [-0.1, -0.05) is 65.4 Å². The summed E-state index contributed by atoms with van der Waals surface area (Å²) in [5.74, 6) is 0. The highest BCUT2D eigenvalue weighted by atomic mass is 35.5. The van der Waals surface area contributed by atoms with Crippen molar-refractivity contribution in [2.75, 3.05) is 11.9 Å². The van der Waals surface area contributed by atoms with Crippen molar-refractivity contribution in [3.8, 4) is 0 Å². The highest BCUT2D eigenvalue weighted by Gasteiger charge is 2.02. The number of hydrogen-bond acceptors (Lipinski definition) is 3. The predicted molar refractivity (Wildman–Crippen MR) is 88.6 cm³/mol. The topological polar surface area (TPSA) is 24.9 Å². The zero-order valence-electron chi connectivity index (χ0n) is 10.7. The minimum absolute atomic E-state index is 0.747. The Kier molecular flexibility index (Phi) is 4.00. The van der Waals surface area contributed by atoms with E-state index in [-0.39, 0.29) is 0 Å². The third-order valence-corrected chi connectivity index (χ3v) is 4.04. The van der Waals surface area contributed by atoms with Crippen LogP contribution in [-0.2, 0) is 0 Å². The lowest BCUT2D eigenvalue weighted by atomic mass is 10.2. The molecule has 0 aliphatic heterocycles. The van der Waals surface area contributed by atoms with Crippen molar-refractivity contribution in [1.82, 2.24) is 4.98 Å². The van der Waals surface area contributed by atoms with Crippen molar-refractivity contribution < 1.29 is 0 Å². The van der Waals surface area contributed by atoms with Crippen molar-refractivity contribution in [3.05, 3.63) is 65.2 Å². The molecule has 3 aromatic rings. The Morgan fingerprint density at radius 1 is 1.15 bits per heavy atom. The first-order chi connectivity index (χ1) is 9.81. The fraction of sp³-hybridized carbons (Fsp3) is 0.0625. The standard InChI is InChI=1S/C16H13ClN2S/c17-13-8-9-14-15(11-13)20-16(19-14)18-10-4-7-12-5-2-1-3-6-12/h1-9,11H,10H2,(H,18,19)/b7-4+. The van der Waals surface area contributed by atoms with Gasteiger partial charge in [-0.05, 0) is 23.8 Å². The van der Waals surface area contributed by atoms with Gasteiger partial charge >= 0.3 is 0 Å². The molecule has 3 rings (SSSR count). The summed E-state index contributed by atoms with van der Waals surface area (Å²) >= 11 is 7.59. The molecule has 0 aliphatic rings. The maximum atomic E-state index is 5.97. The molecule has 0 radical (unpaired) electrons. The Morgan fingerprint density at radius 2 is 2.00 bits per heavy atom. The number of rotatable bonds is 4. The van der Waals surface area contributed by atoms with Crippen LogP contribution >= 0.6 is 22.9 Å². The summed E-state index contributed by atoms with van der Waals surface area (Å²) in [4.78, 5) is 4.51. The third-order valence-electron chi connectivity index (χ3n) is 2.83. The van der Waals surface area contributed by atoms with Crippen LogP contribution in [0.2, 0.25) is 5.02 Å². The summed E-state index contributed by atoms with van der Waals surface area (Å²) in [5.41, 5.74) is 2.18. The lowest BCUT2D eigenvalue weighted by Gasteiger charge is -1.96. The molecule has 0 atom stereocenters. The lowest BCUT2D eigenvalue weighted by molar-refractivity contribution is 1.31. The van der Waals surface area contributed by atoms with Gasteiger partial charge in [-0.3, -0.25) is 0 Å². The average molecular weight is 301 g/mol. The highest BCUT2D eigenvalue weighted by molar-refractivity contribution is 7.22. The van der Waals surface area contributed by atoms with Crippen molar-refractivity contribution in [1.29, 1.82) is 0 Å². The first kappa shape index (κ1) is 13.2. The molecule has 100 valence electrons. The quantitative estimate of drug-likeness (QED) is 0.727. The van der Waals surface area contributed by atoms with Crippen LogP contribution in [-0.4, -0.2) is 11.5 Å². The fourth-order valence-corrected chi connectivity index (χ4v) is 3.03. The van der Waals surface area contributed by atoms with Crippen LogP contribution in [0.3, 0.4) is 0 Å². The number of anilines is 1. The molecule has 2 nitrogen and oxygen atoms in total. The zero-order chi connectivity index (χ0) is 13.8. The van der Waals surface area contributed by atoms with Crippen LogP contribution in [0, 0.1) is 0 Å². The molecule has 0 saturated carbocycles. The largest absolute Gasteiger partial charge is 0.358 e. The van der Waals surface area contributed by atoms with Crippen molar-refractivity contribution in [3.63, 3.8) is 0 Å². The van der Waals surface area contributed by atoms with E-state index >= 15 is 0 Å². The maximum Gasteiger partial charge on any atom is 0.184 e. The van der Waals surface area contributed by atoms with Crippen molar-refractivity contribution in [2.45, 2.75) is 0 Å². The second-order valence-electron chi connectivity index (χ2n) is 4.33. The molecule has 0 unspecified atom stereocenters. The number of fused-ring (bicyclic) bond motifs is 1. The first-order valence-electron chi connectivity index (χ1n) is 6.33. The van der Waals surface area contributed by atoms with Crippen LogP contribution in [0.25, 0.3) is 16.3 Å². The number of hydrogen-bond donors (Lipinski definition) is 1. The van der Waals surface area contributed by atoms with E-state index in [1.54, 1.807) is 11.3 Å². The normalized spacial score (nSPS) is 11.2. The van der Waals surface area contributed by atoms with E-state index < -0.39 is 0 Å². The minimum Gasteiger partial charge on any atom is -0.358 e. The Labute approximate surface area is 126 Å². The van der Waals surface area contributed by atoms with Gasteiger partial charge in [-0.15, -0.1) is 0 Å². The molecule has 1 N–H and O–H groups in total. The molecule has 4 heteroatoms. The van der Waals surface area contributed by atoms with Gasteiger partial charge in [0.2, 0.25) is 0 Å². The molecule has 0 bridgehead atoms. The van der Waals surface area contributed by atoms with Crippen LogP contribution in [0.5, 0.6) is 0 Å². The summed E-state index contributed by atoms with van der Waals surface area (Å²) in [6, 6.07) is 16.0. The molecule has 0 spiro atoms. The van der Waals surface area contributed by atoms with Gasteiger partial charge in [0, 0.05) is 11.6 Å². The number of thiazole rings is 1. The van der Waals surface area contributed by atoms with Crippen LogP contribution < -0.4 is 5.32 Å². The molecule has 1 aromatic heterocycles. The summed E-state index contributed by atoms with van der Waals surface area (Å²) in [5, 5.41) is 4.96. The van der Waals surface area contributed by atoms with Gasteiger partial charge in [-0.25, -0.2) is 4.98 Å². The number of nitrogens with one attached hydrogen (secondary N) is 1. The lowest BCUT2D eigenvalue weighted by Crippen LogP contribution is -1.96. The Hall–Kier alpha value is -1.84. The Bertz CT molecular complexity index is 735. The van der Waals surface area contributed by atoms with Gasteiger partial charge in [0.25, 0.3) is 0 Å². The zero-order valence-corrected chi connectivity index (χ0v) is 12.3. The molecule has 0 amide bonds. The van der Waals surface area contributed by atoms with E-state index in [1.165, 1.54) is 5.56 Å². The first-order valence-corrected chi connectivity index (χ1v) is 7.52. The van der Waals surface area contributed by atoms with Gasteiger partial charge in [-0.2, -0.15) is 0 Å².